The maximum atomic E-state index is 5.63. The summed E-state index contributed by atoms with van der Waals surface area (Å²) in [4.78, 5) is 10.6. The van der Waals surface area contributed by atoms with Gasteiger partial charge in [0.05, 0.1) is 13.2 Å². The third-order valence-electron chi connectivity index (χ3n) is 2.88. The van der Waals surface area contributed by atoms with Gasteiger partial charge in [-0.3, -0.25) is 4.99 Å². The van der Waals surface area contributed by atoms with Gasteiger partial charge in [-0.05, 0) is 6.07 Å². The predicted molar refractivity (Wildman–Crippen MR) is 71.7 cm³/mol. The minimum Gasteiger partial charge on any atom is -0.378 e. The number of morpholine rings is 1. The van der Waals surface area contributed by atoms with Crippen LogP contribution in [0.5, 0.6) is 0 Å². The SMILES string of the molecule is CN=C(N)NCc1cccnc1N1CCOCC1. The standard InChI is InChI=1S/C12H19N5O/c1-14-12(13)16-9-10-3-2-4-15-11(10)17-5-7-18-8-6-17/h2-4H,5-9H2,1H3,(H3,13,14,16). The molecule has 1 fully saturated rings. The van der Waals surface area contributed by atoms with E-state index in [9.17, 15) is 0 Å². The molecule has 0 atom stereocenters. The molecule has 1 aromatic heterocycles. The summed E-state index contributed by atoms with van der Waals surface area (Å²) in [5.41, 5.74) is 6.75. The number of hydrogen-bond donors (Lipinski definition) is 2. The van der Waals surface area contributed by atoms with Crippen LogP contribution in [0.3, 0.4) is 0 Å². The third kappa shape index (κ3) is 3.10. The molecule has 0 bridgehead atoms. The Morgan fingerprint density at radius 3 is 3.06 bits per heavy atom. The van der Waals surface area contributed by atoms with Crippen LogP contribution < -0.4 is 16.0 Å². The Morgan fingerprint density at radius 1 is 1.56 bits per heavy atom. The van der Waals surface area contributed by atoms with Crippen molar-refractivity contribution in [3.63, 3.8) is 0 Å². The third-order valence-corrected chi connectivity index (χ3v) is 2.88. The van der Waals surface area contributed by atoms with Crippen LogP contribution >= 0.6 is 0 Å². The topological polar surface area (TPSA) is 75.8 Å². The summed E-state index contributed by atoms with van der Waals surface area (Å²) < 4.78 is 5.35. The molecule has 1 aliphatic rings. The number of rotatable bonds is 3. The fraction of sp³-hybridized carbons (Fsp3) is 0.500. The van der Waals surface area contributed by atoms with Crippen LogP contribution in [0, 0.1) is 0 Å². The zero-order valence-electron chi connectivity index (χ0n) is 10.6. The fourth-order valence-electron chi connectivity index (χ4n) is 1.89. The van der Waals surface area contributed by atoms with Gasteiger partial charge in [0, 0.05) is 38.4 Å². The maximum absolute atomic E-state index is 5.63. The van der Waals surface area contributed by atoms with Gasteiger partial charge in [0.25, 0.3) is 0 Å². The molecule has 1 saturated heterocycles. The Labute approximate surface area is 107 Å². The summed E-state index contributed by atoms with van der Waals surface area (Å²) in [6, 6.07) is 3.98. The van der Waals surface area contributed by atoms with Crippen LogP contribution in [0.2, 0.25) is 0 Å². The molecular weight excluding hydrogens is 230 g/mol. The van der Waals surface area contributed by atoms with E-state index >= 15 is 0 Å². The number of pyridine rings is 1. The second-order valence-electron chi connectivity index (χ2n) is 4.05. The van der Waals surface area contributed by atoms with Crippen molar-refractivity contribution >= 4 is 11.8 Å². The molecule has 2 rings (SSSR count). The van der Waals surface area contributed by atoms with Crippen molar-refractivity contribution in [2.75, 3.05) is 38.3 Å². The van der Waals surface area contributed by atoms with Gasteiger partial charge in [0.15, 0.2) is 5.96 Å². The van der Waals surface area contributed by atoms with Crippen LogP contribution in [-0.4, -0.2) is 44.3 Å². The highest BCUT2D eigenvalue weighted by atomic mass is 16.5. The molecule has 0 spiro atoms. The molecule has 1 aliphatic heterocycles. The minimum absolute atomic E-state index is 0.437. The second kappa shape index (κ2) is 6.20. The van der Waals surface area contributed by atoms with E-state index in [4.69, 9.17) is 10.5 Å². The smallest absolute Gasteiger partial charge is 0.188 e. The van der Waals surface area contributed by atoms with Crippen LogP contribution in [0.1, 0.15) is 5.56 Å². The fourth-order valence-corrected chi connectivity index (χ4v) is 1.89. The van der Waals surface area contributed by atoms with E-state index in [2.05, 4.69) is 20.2 Å². The van der Waals surface area contributed by atoms with Gasteiger partial charge in [-0.1, -0.05) is 6.07 Å². The zero-order chi connectivity index (χ0) is 12.8. The van der Waals surface area contributed by atoms with Gasteiger partial charge in [-0.2, -0.15) is 0 Å². The number of nitrogens with one attached hydrogen (secondary N) is 1. The monoisotopic (exact) mass is 249 g/mol. The summed E-state index contributed by atoms with van der Waals surface area (Å²) in [7, 11) is 1.66. The summed E-state index contributed by atoms with van der Waals surface area (Å²) in [6.45, 7) is 3.89. The van der Waals surface area contributed by atoms with Gasteiger partial charge in [0.1, 0.15) is 5.82 Å². The van der Waals surface area contributed by atoms with Gasteiger partial charge in [-0.25, -0.2) is 4.98 Å². The van der Waals surface area contributed by atoms with E-state index in [1.807, 2.05) is 18.3 Å². The molecule has 2 heterocycles. The molecule has 98 valence electrons. The summed E-state index contributed by atoms with van der Waals surface area (Å²) >= 11 is 0. The number of hydrogen-bond acceptors (Lipinski definition) is 4. The number of aromatic nitrogens is 1. The van der Waals surface area contributed by atoms with Crippen molar-refractivity contribution < 1.29 is 4.74 Å². The van der Waals surface area contributed by atoms with Crippen molar-refractivity contribution in [3.05, 3.63) is 23.9 Å². The number of anilines is 1. The Kier molecular flexibility index (Phi) is 4.35. The first kappa shape index (κ1) is 12.6. The number of guanidine groups is 1. The number of ether oxygens (including phenoxy) is 1. The van der Waals surface area contributed by atoms with Crippen molar-refractivity contribution in [1.82, 2.24) is 10.3 Å². The molecule has 0 aliphatic carbocycles. The molecule has 0 unspecified atom stereocenters. The largest absolute Gasteiger partial charge is 0.378 e. The number of aliphatic imine (C=N–C) groups is 1. The molecule has 1 aromatic rings. The lowest BCUT2D eigenvalue weighted by molar-refractivity contribution is 0.122. The molecule has 0 amide bonds. The second-order valence-corrected chi connectivity index (χ2v) is 4.05. The lowest BCUT2D eigenvalue weighted by Gasteiger charge is -2.29. The Hall–Kier alpha value is -1.82. The van der Waals surface area contributed by atoms with Crippen LogP contribution in [0.25, 0.3) is 0 Å². The van der Waals surface area contributed by atoms with E-state index in [-0.39, 0.29) is 0 Å². The van der Waals surface area contributed by atoms with Crippen molar-refractivity contribution in [3.8, 4) is 0 Å². The maximum Gasteiger partial charge on any atom is 0.188 e. The van der Waals surface area contributed by atoms with E-state index in [1.54, 1.807) is 7.05 Å². The van der Waals surface area contributed by atoms with Gasteiger partial charge >= 0.3 is 0 Å². The average Bonchev–Trinajstić information content (AvgIpc) is 2.46. The Balaban J connectivity index is 2.09. The van der Waals surface area contributed by atoms with Crippen LogP contribution in [0.4, 0.5) is 5.82 Å². The van der Waals surface area contributed by atoms with Crippen molar-refractivity contribution in [1.29, 1.82) is 0 Å². The molecule has 6 nitrogen and oxygen atoms in total. The molecule has 18 heavy (non-hydrogen) atoms. The summed E-state index contributed by atoms with van der Waals surface area (Å²) in [5, 5.41) is 3.06. The zero-order valence-corrected chi connectivity index (χ0v) is 10.6. The summed E-state index contributed by atoms with van der Waals surface area (Å²) in [6.07, 6.45) is 1.81. The van der Waals surface area contributed by atoms with Gasteiger partial charge < -0.3 is 20.7 Å². The Morgan fingerprint density at radius 2 is 2.33 bits per heavy atom. The van der Waals surface area contributed by atoms with Crippen LogP contribution in [0.15, 0.2) is 23.3 Å². The van der Waals surface area contributed by atoms with Gasteiger partial charge in [-0.15, -0.1) is 0 Å². The highest BCUT2D eigenvalue weighted by molar-refractivity contribution is 5.77. The number of nitrogens with zero attached hydrogens (tertiary/aromatic N) is 3. The molecule has 0 aromatic carbocycles. The van der Waals surface area contributed by atoms with E-state index in [0.717, 1.165) is 37.7 Å². The molecule has 3 N–H and O–H groups in total. The first-order valence-corrected chi connectivity index (χ1v) is 6.04. The molecular formula is C12H19N5O. The molecule has 0 radical (unpaired) electrons. The highest BCUT2D eigenvalue weighted by Crippen LogP contribution is 2.17. The lowest BCUT2D eigenvalue weighted by atomic mass is 10.2. The lowest BCUT2D eigenvalue weighted by Crippen LogP contribution is -2.38. The van der Waals surface area contributed by atoms with E-state index < -0.39 is 0 Å². The van der Waals surface area contributed by atoms with E-state index in [0.29, 0.717) is 12.5 Å². The highest BCUT2D eigenvalue weighted by Gasteiger charge is 2.15. The average molecular weight is 249 g/mol. The first-order valence-electron chi connectivity index (χ1n) is 6.04. The normalized spacial score (nSPS) is 16.7. The predicted octanol–water partition coefficient (Wildman–Crippen LogP) is -0.0477. The van der Waals surface area contributed by atoms with Crippen LogP contribution in [-0.2, 0) is 11.3 Å². The quantitative estimate of drug-likeness (QED) is 0.580. The molecule has 0 saturated carbocycles. The van der Waals surface area contributed by atoms with Crippen molar-refractivity contribution in [2.45, 2.75) is 6.54 Å². The summed E-state index contributed by atoms with van der Waals surface area (Å²) in [5.74, 6) is 1.43. The first-order chi connectivity index (χ1) is 8.81. The van der Waals surface area contributed by atoms with Gasteiger partial charge in [0.2, 0.25) is 0 Å². The minimum atomic E-state index is 0.437. The van der Waals surface area contributed by atoms with Crippen molar-refractivity contribution in [2.24, 2.45) is 10.7 Å². The number of nitrogens with two attached hydrogens (primary N) is 1. The van der Waals surface area contributed by atoms with E-state index in [1.165, 1.54) is 0 Å². The molecule has 6 heteroatoms. The Bertz CT molecular complexity index is 415.